The van der Waals surface area contributed by atoms with Gasteiger partial charge in [0.2, 0.25) is 0 Å². The minimum absolute atomic E-state index is 0.465. The lowest BCUT2D eigenvalue weighted by Crippen LogP contribution is -2.31. The van der Waals surface area contributed by atoms with Crippen LogP contribution in [0, 0.1) is 11.3 Å². The van der Waals surface area contributed by atoms with Gasteiger partial charge in [-0.1, -0.05) is 133 Å². The van der Waals surface area contributed by atoms with E-state index >= 15 is 0 Å². The molecule has 1 aromatic heterocycles. The van der Waals surface area contributed by atoms with Crippen molar-refractivity contribution in [2.24, 2.45) is 0 Å². The maximum absolute atomic E-state index is 9.40. The van der Waals surface area contributed by atoms with E-state index in [1.165, 1.54) is 43.2 Å². The molecule has 2 heterocycles. The van der Waals surface area contributed by atoms with Gasteiger partial charge in [-0.2, -0.15) is 5.26 Å². The molecule has 0 amide bonds. The van der Waals surface area contributed by atoms with Crippen LogP contribution in [0.25, 0.3) is 45.0 Å². The van der Waals surface area contributed by atoms with Crippen LogP contribution in [0.5, 0.6) is 0 Å². The number of nitriles is 1. The fourth-order valence-corrected chi connectivity index (χ4v) is 8.47. The highest BCUT2D eigenvalue weighted by Crippen LogP contribution is 2.63. The Balaban J connectivity index is 1.35. The zero-order valence-corrected chi connectivity index (χ0v) is 25.5. The highest BCUT2D eigenvalue weighted by Gasteiger charge is 2.50. The van der Waals surface area contributed by atoms with Gasteiger partial charge in [0.05, 0.1) is 28.4 Å². The number of nitrogens with zero attached hydrogens (tertiary/aromatic N) is 3. The SMILES string of the molecule is N#Cc1ccc(-c2cc(-c3ccccc3)nc(-c3cccc4c3-c3ccccc3C43c4ccccc4Sc4ccccc43)n2)cc1. The van der Waals surface area contributed by atoms with Gasteiger partial charge in [0.1, 0.15) is 0 Å². The van der Waals surface area contributed by atoms with Crippen LogP contribution in [0.2, 0.25) is 0 Å². The molecule has 214 valence electrons. The van der Waals surface area contributed by atoms with Crippen molar-refractivity contribution in [2.45, 2.75) is 15.2 Å². The Bertz CT molecular complexity index is 2310. The first-order valence-electron chi connectivity index (χ1n) is 15.3. The molecule has 0 radical (unpaired) electrons. The topological polar surface area (TPSA) is 49.6 Å². The predicted octanol–water partition coefficient (Wildman–Crippen LogP) is 10.2. The summed E-state index contributed by atoms with van der Waals surface area (Å²) >= 11 is 1.85. The Hall–Kier alpha value is -5.76. The van der Waals surface area contributed by atoms with Gasteiger partial charge in [-0.15, -0.1) is 0 Å². The minimum Gasteiger partial charge on any atom is -0.228 e. The summed E-state index contributed by atoms with van der Waals surface area (Å²) < 4.78 is 0. The summed E-state index contributed by atoms with van der Waals surface area (Å²) in [5.74, 6) is 0.677. The monoisotopic (exact) mass is 603 g/mol. The lowest BCUT2D eigenvalue weighted by atomic mass is 9.67. The number of fused-ring (bicyclic) bond motifs is 9. The van der Waals surface area contributed by atoms with Crippen molar-refractivity contribution < 1.29 is 0 Å². The van der Waals surface area contributed by atoms with E-state index in [1.54, 1.807) is 0 Å². The quantitative estimate of drug-likeness (QED) is 0.202. The van der Waals surface area contributed by atoms with Gasteiger partial charge in [-0.25, -0.2) is 9.97 Å². The van der Waals surface area contributed by atoms with E-state index in [4.69, 9.17) is 9.97 Å². The molecule has 2 aliphatic rings. The lowest BCUT2D eigenvalue weighted by molar-refractivity contribution is 0.722. The number of rotatable bonds is 3. The van der Waals surface area contributed by atoms with Crippen LogP contribution in [0.15, 0.2) is 161 Å². The number of hydrogen-bond donors (Lipinski definition) is 0. The molecule has 1 aliphatic carbocycles. The standard InChI is InChI=1S/C42H25N3S/c43-26-27-21-23-29(24-22-27)37-25-36(28-11-2-1-3-12-28)44-41(45-37)31-14-10-18-35-40(31)30-13-4-5-15-32(30)42(35)33-16-6-8-19-38(33)46-39-20-9-7-17-34(39)42/h1-25H. The normalized spacial score (nSPS) is 13.3. The summed E-state index contributed by atoms with van der Waals surface area (Å²) in [5.41, 5.74) is 12.3. The van der Waals surface area contributed by atoms with Crippen molar-refractivity contribution in [3.63, 3.8) is 0 Å². The van der Waals surface area contributed by atoms with Gasteiger partial charge in [-0.3, -0.25) is 0 Å². The van der Waals surface area contributed by atoms with Crippen molar-refractivity contribution in [2.75, 3.05) is 0 Å². The summed E-state index contributed by atoms with van der Waals surface area (Å²) in [6, 6.07) is 55.3. The minimum atomic E-state index is -0.465. The van der Waals surface area contributed by atoms with E-state index in [2.05, 4.69) is 109 Å². The second-order valence-corrected chi connectivity index (χ2v) is 12.7. The highest BCUT2D eigenvalue weighted by molar-refractivity contribution is 7.99. The van der Waals surface area contributed by atoms with Crippen LogP contribution < -0.4 is 0 Å². The predicted molar refractivity (Wildman–Crippen MR) is 184 cm³/mol. The smallest absolute Gasteiger partial charge is 0.161 e. The van der Waals surface area contributed by atoms with Gasteiger partial charge >= 0.3 is 0 Å². The average Bonchev–Trinajstić information content (AvgIpc) is 3.43. The Morgan fingerprint density at radius 1 is 0.500 bits per heavy atom. The van der Waals surface area contributed by atoms with Gasteiger partial charge in [-0.05, 0) is 63.7 Å². The molecule has 1 aliphatic heterocycles. The van der Waals surface area contributed by atoms with Gasteiger partial charge in [0.15, 0.2) is 5.82 Å². The molecule has 0 saturated heterocycles. The van der Waals surface area contributed by atoms with Crippen LogP contribution in [0.3, 0.4) is 0 Å². The molecule has 7 aromatic rings. The van der Waals surface area contributed by atoms with Crippen LogP contribution in [-0.4, -0.2) is 9.97 Å². The molecule has 0 unspecified atom stereocenters. The Morgan fingerprint density at radius 3 is 1.72 bits per heavy atom. The fourth-order valence-electron chi connectivity index (χ4n) is 7.28. The Kier molecular flexibility index (Phi) is 6.03. The first-order valence-corrected chi connectivity index (χ1v) is 16.1. The second-order valence-electron chi connectivity index (χ2n) is 11.6. The van der Waals surface area contributed by atoms with Crippen LogP contribution in [-0.2, 0) is 5.41 Å². The van der Waals surface area contributed by atoms with Crippen molar-refractivity contribution in [1.82, 2.24) is 9.97 Å². The molecule has 0 saturated carbocycles. The molecule has 0 atom stereocenters. The average molecular weight is 604 g/mol. The van der Waals surface area contributed by atoms with Gasteiger partial charge in [0, 0.05) is 26.5 Å². The van der Waals surface area contributed by atoms with Crippen molar-refractivity contribution in [1.29, 1.82) is 5.26 Å². The molecule has 4 heteroatoms. The first-order chi connectivity index (χ1) is 22.8. The molecule has 0 fully saturated rings. The molecule has 0 bridgehead atoms. The third-order valence-corrected chi connectivity index (χ3v) is 10.4. The van der Waals surface area contributed by atoms with E-state index in [0.717, 1.165) is 28.1 Å². The fraction of sp³-hybridized carbons (Fsp3) is 0.0238. The van der Waals surface area contributed by atoms with Gasteiger partial charge in [0.25, 0.3) is 0 Å². The molecular formula is C42H25N3S. The summed E-state index contributed by atoms with van der Waals surface area (Å²) in [6.45, 7) is 0. The molecule has 1 spiro atoms. The zero-order chi connectivity index (χ0) is 30.7. The van der Waals surface area contributed by atoms with Crippen LogP contribution in [0.1, 0.15) is 27.8 Å². The maximum atomic E-state index is 9.40. The summed E-state index contributed by atoms with van der Waals surface area (Å²) in [6.07, 6.45) is 0. The molecule has 6 aromatic carbocycles. The summed E-state index contributed by atoms with van der Waals surface area (Å²) in [5, 5.41) is 9.40. The summed E-state index contributed by atoms with van der Waals surface area (Å²) in [7, 11) is 0. The number of hydrogen-bond acceptors (Lipinski definition) is 4. The van der Waals surface area contributed by atoms with Crippen molar-refractivity contribution in [3.05, 3.63) is 179 Å². The maximum Gasteiger partial charge on any atom is 0.161 e. The van der Waals surface area contributed by atoms with Crippen LogP contribution >= 0.6 is 11.8 Å². The van der Waals surface area contributed by atoms with Crippen LogP contribution in [0.4, 0.5) is 0 Å². The number of aromatic nitrogens is 2. The van der Waals surface area contributed by atoms with E-state index in [-0.39, 0.29) is 0 Å². The van der Waals surface area contributed by atoms with Gasteiger partial charge < -0.3 is 0 Å². The Labute approximate surface area is 271 Å². The lowest BCUT2D eigenvalue weighted by Gasteiger charge is -2.39. The van der Waals surface area contributed by atoms with Crippen molar-refractivity contribution in [3.8, 4) is 51.1 Å². The third-order valence-electron chi connectivity index (χ3n) is 9.22. The number of benzene rings is 6. The van der Waals surface area contributed by atoms with E-state index in [0.29, 0.717) is 11.4 Å². The largest absolute Gasteiger partial charge is 0.228 e. The van der Waals surface area contributed by atoms with E-state index < -0.39 is 5.41 Å². The summed E-state index contributed by atoms with van der Waals surface area (Å²) in [4.78, 5) is 13.0. The first kappa shape index (κ1) is 26.6. The molecular weight excluding hydrogens is 579 g/mol. The third kappa shape index (κ3) is 3.86. The van der Waals surface area contributed by atoms with Crippen molar-refractivity contribution >= 4 is 11.8 Å². The highest BCUT2D eigenvalue weighted by atomic mass is 32.2. The Morgan fingerprint density at radius 2 is 1.04 bits per heavy atom. The van der Waals surface area contributed by atoms with E-state index in [1.807, 2.05) is 60.3 Å². The second kappa shape index (κ2) is 10.4. The molecule has 3 nitrogen and oxygen atoms in total. The van der Waals surface area contributed by atoms with E-state index in [9.17, 15) is 5.26 Å². The molecule has 46 heavy (non-hydrogen) atoms. The zero-order valence-electron chi connectivity index (χ0n) is 24.7. The molecule has 9 rings (SSSR count). The molecule has 0 N–H and O–H groups in total.